The van der Waals surface area contributed by atoms with Gasteiger partial charge in [0.15, 0.2) is 0 Å². The van der Waals surface area contributed by atoms with E-state index in [9.17, 15) is 23.2 Å². The fraction of sp³-hybridized carbons (Fsp3) is 0.286. The van der Waals surface area contributed by atoms with Crippen LogP contribution in [0.15, 0.2) is 42.5 Å². The van der Waals surface area contributed by atoms with Crippen molar-refractivity contribution in [2.45, 2.75) is 25.8 Å². The number of carbonyl (C=O) groups excluding carboxylic acids is 3. The third kappa shape index (κ3) is 4.96. The Morgan fingerprint density at radius 1 is 1.14 bits per heavy atom. The molecule has 2 aromatic carbocycles. The van der Waals surface area contributed by atoms with Crippen molar-refractivity contribution in [3.05, 3.63) is 65.2 Å². The Kier molecular flexibility index (Phi) is 6.21. The SMILES string of the molecule is CC(NC(=O)CNC(=O)c1ccc(N2CCCC2=O)cc1)c1cc(F)ccc1F. The zero-order valence-electron chi connectivity index (χ0n) is 15.9. The van der Waals surface area contributed by atoms with Crippen LogP contribution < -0.4 is 15.5 Å². The van der Waals surface area contributed by atoms with E-state index in [0.717, 1.165) is 30.3 Å². The minimum absolute atomic E-state index is 0.0247. The average Bonchev–Trinajstić information content (AvgIpc) is 3.14. The van der Waals surface area contributed by atoms with E-state index in [2.05, 4.69) is 10.6 Å². The van der Waals surface area contributed by atoms with E-state index in [-0.39, 0.29) is 18.0 Å². The first-order valence-electron chi connectivity index (χ1n) is 9.28. The molecule has 0 aromatic heterocycles. The highest BCUT2D eigenvalue weighted by molar-refractivity contribution is 5.98. The van der Waals surface area contributed by atoms with Crippen molar-refractivity contribution in [3.63, 3.8) is 0 Å². The zero-order valence-corrected chi connectivity index (χ0v) is 15.9. The maximum atomic E-state index is 13.8. The van der Waals surface area contributed by atoms with Crippen LogP contribution in [0.1, 0.15) is 41.7 Å². The number of hydrogen-bond donors (Lipinski definition) is 2. The van der Waals surface area contributed by atoms with Crippen molar-refractivity contribution in [3.8, 4) is 0 Å². The van der Waals surface area contributed by atoms with Gasteiger partial charge in [0.25, 0.3) is 5.91 Å². The number of nitrogens with zero attached hydrogens (tertiary/aromatic N) is 1. The van der Waals surface area contributed by atoms with Gasteiger partial charge >= 0.3 is 0 Å². The molecule has 1 saturated heterocycles. The van der Waals surface area contributed by atoms with E-state index in [1.807, 2.05) is 0 Å². The van der Waals surface area contributed by atoms with Crippen molar-refractivity contribution < 1.29 is 23.2 Å². The number of benzene rings is 2. The summed E-state index contributed by atoms with van der Waals surface area (Å²) >= 11 is 0. The standard InChI is InChI=1S/C21H21F2N3O3/c1-13(17-11-15(22)6-9-18(17)23)25-19(27)12-24-21(29)14-4-7-16(8-5-14)26-10-2-3-20(26)28/h4-9,11,13H,2-3,10,12H2,1H3,(H,24,29)(H,25,27). The molecule has 152 valence electrons. The van der Waals surface area contributed by atoms with Gasteiger partial charge in [-0.25, -0.2) is 8.78 Å². The van der Waals surface area contributed by atoms with E-state index in [0.29, 0.717) is 18.5 Å². The quantitative estimate of drug-likeness (QED) is 0.781. The predicted octanol–water partition coefficient (Wildman–Crippen LogP) is 2.70. The van der Waals surface area contributed by atoms with Crippen molar-refractivity contribution in [1.82, 2.24) is 10.6 Å². The van der Waals surface area contributed by atoms with Crippen molar-refractivity contribution >= 4 is 23.4 Å². The summed E-state index contributed by atoms with van der Waals surface area (Å²) in [5.41, 5.74) is 1.10. The molecule has 0 radical (unpaired) electrons. The fourth-order valence-electron chi connectivity index (χ4n) is 3.19. The summed E-state index contributed by atoms with van der Waals surface area (Å²) in [7, 11) is 0. The summed E-state index contributed by atoms with van der Waals surface area (Å²) in [6, 6.07) is 8.79. The molecule has 0 saturated carbocycles. The molecular formula is C21H21F2N3O3. The molecule has 0 aliphatic carbocycles. The summed E-state index contributed by atoms with van der Waals surface area (Å²) in [5.74, 6) is -2.16. The number of anilines is 1. The maximum Gasteiger partial charge on any atom is 0.251 e. The van der Waals surface area contributed by atoms with Crippen LogP contribution in [0.25, 0.3) is 0 Å². The van der Waals surface area contributed by atoms with Gasteiger partial charge in [0, 0.05) is 29.8 Å². The monoisotopic (exact) mass is 401 g/mol. The lowest BCUT2D eigenvalue weighted by molar-refractivity contribution is -0.120. The summed E-state index contributed by atoms with van der Waals surface area (Å²) in [6.45, 7) is 1.87. The van der Waals surface area contributed by atoms with Gasteiger partial charge in [-0.15, -0.1) is 0 Å². The second-order valence-electron chi connectivity index (χ2n) is 6.83. The number of nitrogens with one attached hydrogen (secondary N) is 2. The van der Waals surface area contributed by atoms with Gasteiger partial charge < -0.3 is 15.5 Å². The Labute approximate surface area is 166 Å². The van der Waals surface area contributed by atoms with Crippen molar-refractivity contribution in [2.75, 3.05) is 18.0 Å². The predicted molar refractivity (Wildman–Crippen MR) is 103 cm³/mol. The van der Waals surface area contributed by atoms with Crippen LogP contribution in [0.2, 0.25) is 0 Å². The largest absolute Gasteiger partial charge is 0.348 e. The molecule has 0 spiro atoms. The van der Waals surface area contributed by atoms with E-state index >= 15 is 0 Å². The molecule has 1 aliphatic heterocycles. The molecule has 3 rings (SSSR count). The topological polar surface area (TPSA) is 78.5 Å². The normalized spacial score (nSPS) is 14.6. The first kappa shape index (κ1) is 20.4. The second-order valence-corrected chi connectivity index (χ2v) is 6.83. The van der Waals surface area contributed by atoms with Crippen LogP contribution in [0, 0.1) is 11.6 Å². The highest BCUT2D eigenvalue weighted by Crippen LogP contribution is 2.21. The van der Waals surface area contributed by atoms with Crippen LogP contribution in [0.3, 0.4) is 0 Å². The van der Waals surface area contributed by atoms with Crippen LogP contribution in [-0.4, -0.2) is 30.8 Å². The second kappa shape index (κ2) is 8.81. The van der Waals surface area contributed by atoms with Crippen LogP contribution in [0.5, 0.6) is 0 Å². The molecule has 8 heteroatoms. The Morgan fingerprint density at radius 2 is 1.86 bits per heavy atom. The van der Waals surface area contributed by atoms with E-state index in [4.69, 9.17) is 0 Å². The lowest BCUT2D eigenvalue weighted by Crippen LogP contribution is -2.38. The average molecular weight is 401 g/mol. The van der Waals surface area contributed by atoms with Gasteiger partial charge in [0.2, 0.25) is 11.8 Å². The molecular weight excluding hydrogens is 380 g/mol. The number of rotatable bonds is 6. The molecule has 6 nitrogen and oxygen atoms in total. The lowest BCUT2D eigenvalue weighted by Gasteiger charge is -2.16. The Balaban J connectivity index is 1.52. The molecule has 1 unspecified atom stereocenters. The van der Waals surface area contributed by atoms with Gasteiger partial charge in [-0.1, -0.05) is 0 Å². The number of halogens is 2. The summed E-state index contributed by atoms with van der Waals surface area (Å²) in [6.07, 6.45) is 1.34. The Morgan fingerprint density at radius 3 is 2.52 bits per heavy atom. The van der Waals surface area contributed by atoms with E-state index in [1.165, 1.54) is 6.92 Å². The summed E-state index contributed by atoms with van der Waals surface area (Å²) in [5, 5.41) is 5.00. The Hall–Kier alpha value is -3.29. The van der Waals surface area contributed by atoms with Crippen molar-refractivity contribution in [2.24, 2.45) is 0 Å². The smallest absolute Gasteiger partial charge is 0.251 e. The van der Waals surface area contributed by atoms with Gasteiger partial charge in [-0.3, -0.25) is 14.4 Å². The maximum absolute atomic E-state index is 13.8. The van der Waals surface area contributed by atoms with Gasteiger partial charge in [-0.2, -0.15) is 0 Å². The van der Waals surface area contributed by atoms with Crippen molar-refractivity contribution in [1.29, 1.82) is 0 Å². The van der Waals surface area contributed by atoms with E-state index < -0.39 is 29.5 Å². The van der Waals surface area contributed by atoms with Crippen LogP contribution in [0.4, 0.5) is 14.5 Å². The highest BCUT2D eigenvalue weighted by Gasteiger charge is 2.22. The first-order valence-corrected chi connectivity index (χ1v) is 9.28. The summed E-state index contributed by atoms with van der Waals surface area (Å²) in [4.78, 5) is 37.7. The van der Waals surface area contributed by atoms with Gasteiger partial charge in [0.05, 0.1) is 12.6 Å². The minimum Gasteiger partial charge on any atom is -0.348 e. The van der Waals surface area contributed by atoms with Crippen LogP contribution in [-0.2, 0) is 9.59 Å². The summed E-state index contributed by atoms with van der Waals surface area (Å²) < 4.78 is 27.0. The third-order valence-electron chi connectivity index (χ3n) is 4.73. The third-order valence-corrected chi connectivity index (χ3v) is 4.73. The van der Waals surface area contributed by atoms with Gasteiger partial charge in [-0.05, 0) is 55.8 Å². The first-order chi connectivity index (χ1) is 13.8. The van der Waals surface area contributed by atoms with E-state index in [1.54, 1.807) is 29.2 Å². The number of hydrogen-bond acceptors (Lipinski definition) is 3. The molecule has 1 aliphatic rings. The Bertz CT molecular complexity index is 931. The highest BCUT2D eigenvalue weighted by atomic mass is 19.1. The van der Waals surface area contributed by atoms with Crippen LogP contribution >= 0.6 is 0 Å². The fourth-order valence-corrected chi connectivity index (χ4v) is 3.19. The lowest BCUT2D eigenvalue weighted by atomic mass is 10.1. The molecule has 1 atom stereocenters. The molecule has 29 heavy (non-hydrogen) atoms. The number of carbonyl (C=O) groups is 3. The molecule has 1 heterocycles. The molecule has 3 amide bonds. The molecule has 1 fully saturated rings. The van der Waals surface area contributed by atoms with Gasteiger partial charge in [0.1, 0.15) is 11.6 Å². The minimum atomic E-state index is -0.757. The molecule has 0 bridgehead atoms. The number of amides is 3. The zero-order chi connectivity index (χ0) is 21.0. The molecule has 2 aromatic rings. The molecule has 2 N–H and O–H groups in total.